The maximum atomic E-state index is 12.1. The van der Waals surface area contributed by atoms with Gasteiger partial charge in [0.15, 0.2) is 11.5 Å². The minimum absolute atomic E-state index is 0.00670. The van der Waals surface area contributed by atoms with Crippen LogP contribution in [0.15, 0.2) is 46.6 Å². The second kappa shape index (κ2) is 8.44. The average Bonchev–Trinajstić information content (AvgIpc) is 3.12. The first-order valence-corrected chi connectivity index (χ1v) is 7.41. The summed E-state index contributed by atoms with van der Waals surface area (Å²) in [6.07, 6.45) is 3.02. The van der Waals surface area contributed by atoms with E-state index in [1.165, 1.54) is 19.4 Å². The van der Waals surface area contributed by atoms with Crippen LogP contribution in [0.2, 0.25) is 0 Å². The van der Waals surface area contributed by atoms with E-state index in [1.54, 1.807) is 30.3 Å². The number of ether oxygens (including phenoxy) is 2. The second-order valence-corrected chi connectivity index (χ2v) is 4.78. The van der Waals surface area contributed by atoms with E-state index < -0.39 is 5.91 Å². The predicted molar refractivity (Wildman–Crippen MR) is 88.3 cm³/mol. The molecule has 0 aliphatic rings. The molecule has 0 aliphatic carbocycles. The average molecular weight is 326 g/mol. The number of amides is 1. The highest BCUT2D eigenvalue weighted by atomic mass is 16.5. The van der Waals surface area contributed by atoms with Crippen LogP contribution in [0.5, 0.6) is 11.5 Å². The van der Waals surface area contributed by atoms with Crippen molar-refractivity contribution in [3.05, 3.63) is 53.5 Å². The van der Waals surface area contributed by atoms with Gasteiger partial charge in [0.05, 0.1) is 26.5 Å². The lowest BCUT2D eigenvalue weighted by molar-refractivity contribution is -0.117. The summed E-state index contributed by atoms with van der Waals surface area (Å²) >= 11 is 0. The highest BCUT2D eigenvalue weighted by molar-refractivity contribution is 6.01. The summed E-state index contributed by atoms with van der Waals surface area (Å²) in [6, 6.07) is 10.6. The quantitative estimate of drug-likeness (QED) is 0.624. The van der Waals surface area contributed by atoms with Crippen LogP contribution in [0.1, 0.15) is 18.2 Å². The third-order valence-corrected chi connectivity index (χ3v) is 3.17. The number of nitrogens with one attached hydrogen (secondary N) is 1. The van der Waals surface area contributed by atoms with Crippen LogP contribution in [0.4, 0.5) is 0 Å². The van der Waals surface area contributed by atoms with E-state index in [1.807, 2.05) is 13.0 Å². The van der Waals surface area contributed by atoms with Crippen LogP contribution in [-0.4, -0.2) is 19.6 Å². The molecular weight excluding hydrogens is 308 g/mol. The van der Waals surface area contributed by atoms with Crippen molar-refractivity contribution < 1.29 is 18.7 Å². The van der Waals surface area contributed by atoms with Crippen molar-refractivity contribution in [3.63, 3.8) is 0 Å². The van der Waals surface area contributed by atoms with Gasteiger partial charge in [-0.3, -0.25) is 4.79 Å². The van der Waals surface area contributed by atoms with Crippen LogP contribution < -0.4 is 14.8 Å². The summed E-state index contributed by atoms with van der Waals surface area (Å²) in [6.45, 7) is 2.62. The van der Waals surface area contributed by atoms with Gasteiger partial charge >= 0.3 is 0 Å². The fourth-order valence-corrected chi connectivity index (χ4v) is 2.04. The lowest BCUT2D eigenvalue weighted by Crippen LogP contribution is -2.23. The summed E-state index contributed by atoms with van der Waals surface area (Å²) in [4.78, 5) is 12.1. The van der Waals surface area contributed by atoms with Crippen molar-refractivity contribution in [2.75, 3.05) is 13.7 Å². The topological polar surface area (TPSA) is 84.5 Å². The van der Waals surface area contributed by atoms with Gasteiger partial charge in [-0.25, -0.2) is 0 Å². The Morgan fingerprint density at radius 2 is 2.21 bits per heavy atom. The number of hydrogen-bond donors (Lipinski definition) is 1. The van der Waals surface area contributed by atoms with Crippen molar-refractivity contribution >= 4 is 12.0 Å². The minimum atomic E-state index is -0.471. The summed E-state index contributed by atoms with van der Waals surface area (Å²) in [5, 5.41) is 11.9. The fourth-order valence-electron chi connectivity index (χ4n) is 2.04. The second-order valence-electron chi connectivity index (χ2n) is 4.78. The van der Waals surface area contributed by atoms with Gasteiger partial charge in [0.2, 0.25) is 0 Å². The van der Waals surface area contributed by atoms with E-state index in [0.717, 1.165) is 0 Å². The van der Waals surface area contributed by atoms with Gasteiger partial charge < -0.3 is 19.2 Å². The molecular formula is C18H18N2O4. The van der Waals surface area contributed by atoms with E-state index in [4.69, 9.17) is 13.9 Å². The molecule has 6 heteroatoms. The Morgan fingerprint density at radius 3 is 2.83 bits per heavy atom. The molecule has 1 N–H and O–H groups in total. The van der Waals surface area contributed by atoms with Crippen molar-refractivity contribution in [3.8, 4) is 17.6 Å². The SMILES string of the molecule is CCOc1ccc(/C=C(/C#N)C(=O)NCc2ccco2)cc1OC. The summed E-state index contributed by atoms with van der Waals surface area (Å²) in [5.41, 5.74) is 0.660. The Bertz CT molecular complexity index is 758. The highest BCUT2D eigenvalue weighted by Crippen LogP contribution is 2.28. The van der Waals surface area contributed by atoms with E-state index in [0.29, 0.717) is 29.4 Å². The van der Waals surface area contributed by atoms with Crippen LogP contribution in [0.3, 0.4) is 0 Å². The molecule has 0 spiro atoms. The van der Waals surface area contributed by atoms with Gasteiger partial charge in [-0.2, -0.15) is 5.26 Å². The number of carbonyl (C=O) groups is 1. The Hall–Kier alpha value is -3.20. The van der Waals surface area contributed by atoms with Gasteiger partial charge in [-0.05, 0) is 42.8 Å². The molecule has 0 saturated carbocycles. The zero-order valence-corrected chi connectivity index (χ0v) is 13.5. The zero-order valence-electron chi connectivity index (χ0n) is 13.5. The lowest BCUT2D eigenvalue weighted by atomic mass is 10.1. The molecule has 0 fully saturated rings. The van der Waals surface area contributed by atoms with Crippen molar-refractivity contribution in [1.29, 1.82) is 5.26 Å². The molecule has 1 amide bonds. The van der Waals surface area contributed by atoms with Crippen molar-refractivity contribution in [1.82, 2.24) is 5.32 Å². The molecule has 2 aromatic rings. The van der Waals surface area contributed by atoms with Crippen LogP contribution in [0.25, 0.3) is 6.08 Å². The first kappa shape index (κ1) is 17.2. The van der Waals surface area contributed by atoms with Crippen molar-refractivity contribution in [2.45, 2.75) is 13.5 Å². The number of nitrogens with zero attached hydrogens (tertiary/aromatic N) is 1. The Morgan fingerprint density at radius 1 is 1.38 bits per heavy atom. The molecule has 2 rings (SSSR count). The highest BCUT2D eigenvalue weighted by Gasteiger charge is 2.11. The van der Waals surface area contributed by atoms with Gasteiger partial charge in [0.1, 0.15) is 17.4 Å². The van der Waals surface area contributed by atoms with Crippen LogP contribution in [-0.2, 0) is 11.3 Å². The number of hydrogen-bond acceptors (Lipinski definition) is 5. The normalized spacial score (nSPS) is 10.8. The lowest BCUT2D eigenvalue weighted by Gasteiger charge is -2.09. The van der Waals surface area contributed by atoms with Crippen molar-refractivity contribution in [2.24, 2.45) is 0 Å². The van der Waals surface area contributed by atoms with Crippen LogP contribution >= 0.6 is 0 Å². The van der Waals surface area contributed by atoms with Gasteiger partial charge in [-0.1, -0.05) is 6.07 Å². The molecule has 0 unspecified atom stereocenters. The first-order chi connectivity index (χ1) is 11.7. The third-order valence-electron chi connectivity index (χ3n) is 3.17. The summed E-state index contributed by atoms with van der Waals surface area (Å²) in [5.74, 6) is 1.29. The molecule has 0 saturated heterocycles. The Balaban J connectivity index is 2.14. The largest absolute Gasteiger partial charge is 0.493 e. The van der Waals surface area contributed by atoms with Gasteiger partial charge in [0.25, 0.3) is 5.91 Å². The number of furan rings is 1. The summed E-state index contributed by atoms with van der Waals surface area (Å²) < 4.78 is 15.8. The molecule has 0 bridgehead atoms. The molecule has 24 heavy (non-hydrogen) atoms. The molecule has 1 aromatic heterocycles. The van der Waals surface area contributed by atoms with Crippen LogP contribution in [0, 0.1) is 11.3 Å². The molecule has 0 aliphatic heterocycles. The number of nitriles is 1. The molecule has 6 nitrogen and oxygen atoms in total. The minimum Gasteiger partial charge on any atom is -0.493 e. The molecule has 0 radical (unpaired) electrons. The van der Waals surface area contributed by atoms with E-state index in [2.05, 4.69) is 5.32 Å². The first-order valence-electron chi connectivity index (χ1n) is 7.41. The number of rotatable bonds is 7. The number of carbonyl (C=O) groups excluding carboxylic acids is 1. The molecule has 1 aromatic carbocycles. The Kier molecular flexibility index (Phi) is 6.03. The maximum absolute atomic E-state index is 12.1. The molecule has 124 valence electrons. The van der Waals surface area contributed by atoms with E-state index in [-0.39, 0.29) is 12.1 Å². The van der Waals surface area contributed by atoms with Gasteiger partial charge in [-0.15, -0.1) is 0 Å². The van der Waals surface area contributed by atoms with E-state index >= 15 is 0 Å². The number of methoxy groups -OCH3 is 1. The monoisotopic (exact) mass is 326 g/mol. The Labute approximate surface area is 140 Å². The predicted octanol–water partition coefficient (Wildman–Crippen LogP) is 2.91. The summed E-state index contributed by atoms with van der Waals surface area (Å²) in [7, 11) is 1.53. The fraction of sp³-hybridized carbons (Fsp3) is 0.222. The maximum Gasteiger partial charge on any atom is 0.262 e. The molecule has 1 heterocycles. The van der Waals surface area contributed by atoms with Gasteiger partial charge in [0, 0.05) is 0 Å². The third kappa shape index (κ3) is 4.40. The smallest absolute Gasteiger partial charge is 0.262 e. The zero-order chi connectivity index (χ0) is 17.4. The van der Waals surface area contributed by atoms with E-state index in [9.17, 15) is 10.1 Å². The molecule has 0 atom stereocenters. The standard InChI is InChI=1S/C18H18N2O4/c1-3-23-16-7-6-13(10-17(16)22-2)9-14(11-19)18(21)20-12-15-5-4-8-24-15/h4-10H,3,12H2,1-2H3,(H,20,21)/b14-9-. The number of benzene rings is 1.